The lowest BCUT2D eigenvalue weighted by atomic mass is 9.85. The number of hydrogen-bond acceptors (Lipinski definition) is 2. The van der Waals surface area contributed by atoms with Gasteiger partial charge in [-0.05, 0) is 61.4 Å². The third-order valence-electron chi connectivity index (χ3n) is 4.22. The second-order valence-electron chi connectivity index (χ2n) is 5.21. The number of benzene rings is 1. The number of nitriles is 1. The zero-order valence-corrected chi connectivity index (χ0v) is 11.2. The van der Waals surface area contributed by atoms with Gasteiger partial charge in [0.15, 0.2) is 0 Å². The van der Waals surface area contributed by atoms with Gasteiger partial charge in [-0.2, -0.15) is 5.26 Å². The van der Waals surface area contributed by atoms with Crippen LogP contribution in [0.5, 0.6) is 5.75 Å². The van der Waals surface area contributed by atoms with Crippen LogP contribution in [0.3, 0.4) is 0 Å². The van der Waals surface area contributed by atoms with Crippen LogP contribution in [0.4, 0.5) is 0 Å². The van der Waals surface area contributed by atoms with E-state index in [0.29, 0.717) is 5.92 Å². The molecule has 0 bridgehead atoms. The standard InChI is InChI=1S/C15H19NO/c1-9-6-13(17-5)11(3)12(4)14(9)15(8-16)7-10(15)2/h6,10H,7H2,1-5H3. The molecule has 17 heavy (non-hydrogen) atoms. The van der Waals surface area contributed by atoms with Gasteiger partial charge in [0, 0.05) is 0 Å². The highest BCUT2D eigenvalue weighted by atomic mass is 16.5. The van der Waals surface area contributed by atoms with Gasteiger partial charge >= 0.3 is 0 Å². The number of methoxy groups -OCH3 is 1. The third kappa shape index (κ3) is 1.53. The summed E-state index contributed by atoms with van der Waals surface area (Å²) in [5, 5.41) is 9.47. The molecule has 1 saturated carbocycles. The first-order valence-corrected chi connectivity index (χ1v) is 6.04. The molecule has 2 nitrogen and oxygen atoms in total. The van der Waals surface area contributed by atoms with Crippen LogP contribution in [0.15, 0.2) is 6.07 Å². The van der Waals surface area contributed by atoms with Gasteiger partial charge in [0.05, 0.1) is 18.6 Å². The lowest BCUT2D eigenvalue weighted by Gasteiger charge is -2.19. The van der Waals surface area contributed by atoms with Crippen LogP contribution in [-0.4, -0.2) is 7.11 Å². The SMILES string of the molecule is COc1cc(C)c(C2(C#N)CC2C)c(C)c1C. The largest absolute Gasteiger partial charge is 0.496 e. The van der Waals surface area contributed by atoms with Gasteiger partial charge in [0.2, 0.25) is 0 Å². The molecule has 0 heterocycles. The Morgan fingerprint density at radius 1 is 1.35 bits per heavy atom. The first-order valence-electron chi connectivity index (χ1n) is 6.04. The molecule has 0 spiro atoms. The van der Waals surface area contributed by atoms with Crippen LogP contribution < -0.4 is 4.74 Å². The van der Waals surface area contributed by atoms with Crippen molar-refractivity contribution in [1.29, 1.82) is 5.26 Å². The molecular formula is C15H19NO. The Hall–Kier alpha value is -1.49. The van der Waals surface area contributed by atoms with Crippen LogP contribution in [0.2, 0.25) is 0 Å². The molecule has 2 atom stereocenters. The van der Waals surface area contributed by atoms with Gasteiger partial charge in [0.25, 0.3) is 0 Å². The van der Waals surface area contributed by atoms with Crippen LogP contribution in [0, 0.1) is 38.0 Å². The molecule has 0 amide bonds. The minimum absolute atomic E-state index is 0.245. The van der Waals surface area contributed by atoms with Gasteiger partial charge in [-0.3, -0.25) is 0 Å². The van der Waals surface area contributed by atoms with Crippen LogP contribution in [0.25, 0.3) is 0 Å². The summed E-state index contributed by atoms with van der Waals surface area (Å²) in [6.45, 7) is 8.40. The molecule has 0 saturated heterocycles. The fourth-order valence-electron chi connectivity index (χ4n) is 2.93. The number of ether oxygens (including phenoxy) is 1. The van der Waals surface area contributed by atoms with E-state index in [1.54, 1.807) is 7.11 Å². The second kappa shape index (κ2) is 3.77. The van der Waals surface area contributed by atoms with E-state index in [1.807, 2.05) is 0 Å². The van der Waals surface area contributed by atoms with Crippen molar-refractivity contribution < 1.29 is 4.74 Å². The minimum atomic E-state index is -0.245. The molecular weight excluding hydrogens is 210 g/mol. The summed E-state index contributed by atoms with van der Waals surface area (Å²) in [4.78, 5) is 0. The molecule has 0 aliphatic heterocycles. The highest BCUT2D eigenvalue weighted by Gasteiger charge is 2.54. The molecule has 0 aromatic heterocycles. The van der Waals surface area contributed by atoms with Crippen LogP contribution in [-0.2, 0) is 5.41 Å². The maximum Gasteiger partial charge on any atom is 0.122 e. The molecule has 2 unspecified atom stereocenters. The molecule has 0 radical (unpaired) electrons. The Kier molecular flexibility index (Phi) is 2.66. The minimum Gasteiger partial charge on any atom is -0.496 e. The van der Waals surface area contributed by atoms with E-state index in [-0.39, 0.29) is 5.41 Å². The first kappa shape index (κ1) is 12.0. The van der Waals surface area contributed by atoms with Crippen molar-refractivity contribution in [1.82, 2.24) is 0 Å². The highest BCUT2D eigenvalue weighted by Crippen LogP contribution is 2.56. The lowest BCUT2D eigenvalue weighted by Crippen LogP contribution is -2.12. The maximum atomic E-state index is 9.47. The molecule has 1 aliphatic rings. The van der Waals surface area contributed by atoms with Crippen molar-refractivity contribution in [3.8, 4) is 11.8 Å². The molecule has 2 heteroatoms. The first-order chi connectivity index (χ1) is 7.97. The highest BCUT2D eigenvalue weighted by molar-refractivity contribution is 5.56. The summed E-state index contributed by atoms with van der Waals surface area (Å²) in [5.74, 6) is 1.39. The van der Waals surface area contributed by atoms with E-state index in [0.717, 1.165) is 17.7 Å². The van der Waals surface area contributed by atoms with Gasteiger partial charge in [0.1, 0.15) is 5.75 Å². The fourth-order valence-corrected chi connectivity index (χ4v) is 2.93. The topological polar surface area (TPSA) is 33.0 Å². The molecule has 1 fully saturated rings. The van der Waals surface area contributed by atoms with Crippen molar-refractivity contribution >= 4 is 0 Å². The summed E-state index contributed by atoms with van der Waals surface area (Å²) in [7, 11) is 1.70. The average Bonchev–Trinajstić information content (AvgIpc) is 2.96. The summed E-state index contributed by atoms with van der Waals surface area (Å²) in [5.41, 5.74) is 4.53. The number of aryl methyl sites for hydroxylation is 1. The molecule has 1 aromatic carbocycles. The zero-order chi connectivity index (χ0) is 12.8. The lowest BCUT2D eigenvalue weighted by molar-refractivity contribution is 0.410. The van der Waals surface area contributed by atoms with Crippen molar-refractivity contribution in [2.45, 2.75) is 39.5 Å². The monoisotopic (exact) mass is 229 g/mol. The van der Waals surface area contributed by atoms with Crippen molar-refractivity contribution in [2.75, 3.05) is 7.11 Å². The number of hydrogen-bond donors (Lipinski definition) is 0. The van der Waals surface area contributed by atoms with E-state index in [4.69, 9.17) is 4.74 Å². The van der Waals surface area contributed by atoms with E-state index in [9.17, 15) is 5.26 Å². The van der Waals surface area contributed by atoms with Gasteiger partial charge in [-0.15, -0.1) is 0 Å². The van der Waals surface area contributed by atoms with Crippen molar-refractivity contribution in [3.05, 3.63) is 28.3 Å². The van der Waals surface area contributed by atoms with Crippen LogP contribution >= 0.6 is 0 Å². The summed E-state index contributed by atoms with van der Waals surface area (Å²) in [6.07, 6.45) is 0.983. The smallest absolute Gasteiger partial charge is 0.122 e. The fraction of sp³-hybridized carbons (Fsp3) is 0.533. The summed E-state index contributed by atoms with van der Waals surface area (Å²) in [6, 6.07) is 4.58. The zero-order valence-electron chi connectivity index (χ0n) is 11.2. The summed E-state index contributed by atoms with van der Waals surface area (Å²) >= 11 is 0. The quantitative estimate of drug-likeness (QED) is 0.778. The number of rotatable bonds is 2. The van der Waals surface area contributed by atoms with E-state index < -0.39 is 0 Å². The van der Waals surface area contributed by atoms with Gasteiger partial charge in [-0.25, -0.2) is 0 Å². The normalized spacial score (nSPS) is 26.5. The van der Waals surface area contributed by atoms with Crippen molar-refractivity contribution in [3.63, 3.8) is 0 Å². The molecule has 0 N–H and O–H groups in total. The Labute approximate surface area is 103 Å². The van der Waals surface area contributed by atoms with Gasteiger partial charge in [-0.1, -0.05) is 6.92 Å². The predicted octanol–water partition coefficient (Wildman–Crippen LogP) is 3.42. The summed E-state index contributed by atoms with van der Waals surface area (Å²) < 4.78 is 5.37. The van der Waals surface area contributed by atoms with E-state index >= 15 is 0 Å². The molecule has 2 rings (SSSR count). The van der Waals surface area contributed by atoms with E-state index in [2.05, 4.69) is 39.8 Å². The predicted molar refractivity (Wildman–Crippen MR) is 68.3 cm³/mol. The van der Waals surface area contributed by atoms with Gasteiger partial charge < -0.3 is 4.74 Å². The maximum absolute atomic E-state index is 9.47. The van der Waals surface area contributed by atoms with Crippen LogP contribution in [0.1, 0.15) is 35.6 Å². The molecule has 90 valence electrons. The Morgan fingerprint density at radius 2 is 1.94 bits per heavy atom. The average molecular weight is 229 g/mol. The Balaban J connectivity index is 2.65. The third-order valence-corrected chi connectivity index (χ3v) is 4.22. The molecule has 1 aromatic rings. The Bertz CT molecular complexity index is 513. The molecule has 1 aliphatic carbocycles. The number of nitrogens with zero attached hydrogens (tertiary/aromatic N) is 1. The second-order valence-corrected chi connectivity index (χ2v) is 5.21. The van der Waals surface area contributed by atoms with Crippen molar-refractivity contribution in [2.24, 2.45) is 5.92 Å². The van der Waals surface area contributed by atoms with E-state index in [1.165, 1.54) is 16.7 Å². The Morgan fingerprint density at radius 3 is 2.35 bits per heavy atom.